The highest BCUT2D eigenvalue weighted by atomic mass is 16.5. The first kappa shape index (κ1) is 14.2. The van der Waals surface area contributed by atoms with Crippen LogP contribution in [0.5, 0.6) is 0 Å². The van der Waals surface area contributed by atoms with Crippen molar-refractivity contribution in [2.45, 2.75) is 26.4 Å². The molecule has 1 aliphatic heterocycles. The van der Waals surface area contributed by atoms with E-state index in [4.69, 9.17) is 9.47 Å². The maximum absolute atomic E-state index is 6.18. The molecule has 1 fully saturated rings. The topological polar surface area (TPSA) is 21.7 Å². The summed E-state index contributed by atoms with van der Waals surface area (Å²) in [6.45, 7) is 6.35. The van der Waals surface area contributed by atoms with Crippen molar-refractivity contribution < 1.29 is 9.47 Å². The molecule has 1 heterocycles. The highest BCUT2D eigenvalue weighted by molar-refractivity contribution is 5.33. The average molecular weight is 285 g/mol. The third-order valence-corrected chi connectivity index (χ3v) is 4.06. The van der Waals surface area contributed by atoms with Gasteiger partial charge < -0.3 is 14.4 Å². The monoisotopic (exact) mass is 285 g/mol. The molecule has 1 aromatic rings. The lowest BCUT2D eigenvalue weighted by atomic mass is 10.0. The van der Waals surface area contributed by atoms with Crippen molar-refractivity contribution in [3.8, 4) is 0 Å². The quantitative estimate of drug-likeness (QED) is 0.845. The Morgan fingerprint density at radius 1 is 1.14 bits per heavy atom. The van der Waals surface area contributed by atoms with E-state index in [1.54, 1.807) is 0 Å². The number of hydrogen-bond acceptors (Lipinski definition) is 3. The molecule has 1 saturated heterocycles. The number of ether oxygens (including phenoxy) is 2. The number of hydrogen-bond donors (Lipinski definition) is 0. The normalized spacial score (nSPS) is 19.5. The molecule has 112 valence electrons. The van der Waals surface area contributed by atoms with Gasteiger partial charge in [-0.25, -0.2) is 0 Å². The molecule has 1 aromatic carbocycles. The van der Waals surface area contributed by atoms with Gasteiger partial charge in [-0.3, -0.25) is 0 Å². The Morgan fingerprint density at radius 3 is 2.67 bits per heavy atom. The molecule has 0 amide bonds. The van der Waals surface area contributed by atoms with Crippen LogP contribution < -0.4 is 0 Å². The molecule has 2 aliphatic rings. The Kier molecular flexibility index (Phi) is 4.61. The van der Waals surface area contributed by atoms with Gasteiger partial charge in [0.1, 0.15) is 12.4 Å². The van der Waals surface area contributed by atoms with Gasteiger partial charge in [0.15, 0.2) is 0 Å². The summed E-state index contributed by atoms with van der Waals surface area (Å²) in [5.74, 6) is 1.08. The molecule has 3 rings (SSSR count). The van der Waals surface area contributed by atoms with E-state index in [1.165, 1.54) is 16.8 Å². The van der Waals surface area contributed by atoms with Crippen LogP contribution in [0.3, 0.4) is 0 Å². The highest BCUT2D eigenvalue weighted by Gasteiger charge is 2.22. The predicted molar refractivity (Wildman–Crippen MR) is 83.6 cm³/mol. The lowest BCUT2D eigenvalue weighted by Gasteiger charge is -2.34. The van der Waals surface area contributed by atoms with Gasteiger partial charge in [0, 0.05) is 13.1 Å². The zero-order chi connectivity index (χ0) is 14.5. The third-order valence-electron chi connectivity index (χ3n) is 4.06. The van der Waals surface area contributed by atoms with Gasteiger partial charge in [0.2, 0.25) is 0 Å². The first-order valence-electron chi connectivity index (χ1n) is 7.74. The molecule has 0 spiro atoms. The van der Waals surface area contributed by atoms with Crippen LogP contribution in [0.2, 0.25) is 0 Å². The van der Waals surface area contributed by atoms with Gasteiger partial charge in [-0.2, -0.15) is 0 Å². The lowest BCUT2D eigenvalue weighted by Crippen LogP contribution is -2.37. The fourth-order valence-corrected chi connectivity index (χ4v) is 2.85. The van der Waals surface area contributed by atoms with Crippen molar-refractivity contribution in [2.75, 3.05) is 26.3 Å². The summed E-state index contributed by atoms with van der Waals surface area (Å²) in [6, 6.07) is 10.4. The van der Waals surface area contributed by atoms with E-state index < -0.39 is 0 Å². The zero-order valence-electron chi connectivity index (χ0n) is 12.7. The Balaban J connectivity index is 1.72. The fourth-order valence-electron chi connectivity index (χ4n) is 2.85. The van der Waals surface area contributed by atoms with Gasteiger partial charge in [0.05, 0.1) is 18.9 Å². The van der Waals surface area contributed by atoms with Crippen LogP contribution in [0.4, 0.5) is 0 Å². The van der Waals surface area contributed by atoms with Crippen LogP contribution in [-0.2, 0) is 16.1 Å². The van der Waals surface area contributed by atoms with Crippen LogP contribution in [0.25, 0.3) is 0 Å². The van der Waals surface area contributed by atoms with Crippen LogP contribution in [0.15, 0.2) is 53.4 Å². The molecular weight excluding hydrogens is 262 g/mol. The first-order chi connectivity index (χ1) is 10.3. The van der Waals surface area contributed by atoms with E-state index in [2.05, 4.69) is 42.2 Å². The zero-order valence-corrected chi connectivity index (χ0v) is 12.7. The second-order valence-corrected chi connectivity index (χ2v) is 5.61. The number of rotatable bonds is 4. The third kappa shape index (κ3) is 3.48. The lowest BCUT2D eigenvalue weighted by molar-refractivity contribution is 0.0484. The summed E-state index contributed by atoms with van der Waals surface area (Å²) in [7, 11) is 0. The molecular formula is C18H23NO2. The highest BCUT2D eigenvalue weighted by Crippen LogP contribution is 2.29. The summed E-state index contributed by atoms with van der Waals surface area (Å²) in [5, 5.41) is 0. The van der Waals surface area contributed by atoms with Gasteiger partial charge in [-0.15, -0.1) is 0 Å². The van der Waals surface area contributed by atoms with E-state index in [0.717, 1.165) is 44.9 Å². The average Bonchev–Trinajstić information content (AvgIpc) is 2.55. The predicted octanol–water partition coefficient (Wildman–Crippen LogP) is 3.49. The van der Waals surface area contributed by atoms with Crippen molar-refractivity contribution in [3.63, 3.8) is 0 Å². The standard InChI is InChI=1S/C18H23NO2/c1-15-6-5-9-17(19-10-12-20-13-11-19)18(15)21-14-16-7-3-2-4-8-16/h2-4,7-9H,5-6,10-14H2,1H3. The molecule has 0 N–H and O–H groups in total. The van der Waals surface area contributed by atoms with Crippen molar-refractivity contribution in [3.05, 3.63) is 59.0 Å². The second-order valence-electron chi connectivity index (χ2n) is 5.61. The van der Waals surface area contributed by atoms with Gasteiger partial charge in [-0.05, 0) is 30.9 Å². The maximum Gasteiger partial charge on any atom is 0.141 e. The Hall–Kier alpha value is -1.74. The molecule has 0 bridgehead atoms. The largest absolute Gasteiger partial charge is 0.487 e. The molecule has 0 unspecified atom stereocenters. The SMILES string of the molecule is CC1=C(OCc2ccccc2)C(N2CCOCC2)=CCC1. The van der Waals surface area contributed by atoms with Crippen LogP contribution in [-0.4, -0.2) is 31.2 Å². The number of nitrogens with zero attached hydrogens (tertiary/aromatic N) is 1. The minimum atomic E-state index is 0.634. The van der Waals surface area contributed by atoms with Crippen LogP contribution >= 0.6 is 0 Å². The molecule has 3 heteroatoms. The molecule has 3 nitrogen and oxygen atoms in total. The second kappa shape index (κ2) is 6.81. The Morgan fingerprint density at radius 2 is 1.90 bits per heavy atom. The van der Waals surface area contributed by atoms with Crippen LogP contribution in [0, 0.1) is 0 Å². The minimum Gasteiger partial charge on any atom is -0.487 e. The summed E-state index contributed by atoms with van der Waals surface area (Å²) in [5.41, 5.74) is 3.83. The molecule has 0 saturated carbocycles. The van der Waals surface area contributed by atoms with Gasteiger partial charge in [-0.1, -0.05) is 36.4 Å². The summed E-state index contributed by atoms with van der Waals surface area (Å²) < 4.78 is 11.6. The first-order valence-corrected chi connectivity index (χ1v) is 7.74. The van der Waals surface area contributed by atoms with E-state index in [-0.39, 0.29) is 0 Å². The molecule has 1 aliphatic carbocycles. The molecule has 0 radical (unpaired) electrons. The summed E-state index contributed by atoms with van der Waals surface area (Å²) in [6.07, 6.45) is 4.52. The van der Waals surface area contributed by atoms with Crippen molar-refractivity contribution in [1.29, 1.82) is 0 Å². The van der Waals surface area contributed by atoms with Crippen molar-refractivity contribution in [1.82, 2.24) is 4.90 Å². The van der Waals surface area contributed by atoms with Crippen molar-refractivity contribution >= 4 is 0 Å². The molecule has 21 heavy (non-hydrogen) atoms. The summed E-state index contributed by atoms with van der Waals surface area (Å²) >= 11 is 0. The van der Waals surface area contributed by atoms with E-state index in [9.17, 15) is 0 Å². The van der Waals surface area contributed by atoms with E-state index >= 15 is 0 Å². The van der Waals surface area contributed by atoms with Crippen molar-refractivity contribution in [2.24, 2.45) is 0 Å². The Labute approximate surface area is 126 Å². The number of benzene rings is 1. The number of allylic oxidation sites excluding steroid dienone is 2. The van der Waals surface area contributed by atoms with Gasteiger partial charge in [0.25, 0.3) is 0 Å². The Bertz CT molecular complexity index is 527. The minimum absolute atomic E-state index is 0.634. The number of morpholine rings is 1. The molecule has 0 aromatic heterocycles. The van der Waals surface area contributed by atoms with Gasteiger partial charge >= 0.3 is 0 Å². The summed E-state index contributed by atoms with van der Waals surface area (Å²) in [4.78, 5) is 2.40. The maximum atomic E-state index is 6.18. The fraction of sp³-hybridized carbons (Fsp3) is 0.444. The van der Waals surface area contributed by atoms with E-state index in [1.807, 2.05) is 6.07 Å². The van der Waals surface area contributed by atoms with E-state index in [0.29, 0.717) is 6.61 Å². The van der Waals surface area contributed by atoms with Crippen LogP contribution in [0.1, 0.15) is 25.3 Å². The smallest absolute Gasteiger partial charge is 0.141 e. The molecule has 0 atom stereocenters.